The summed E-state index contributed by atoms with van der Waals surface area (Å²) in [5.41, 5.74) is 5.46. The smallest absolute Gasteiger partial charge is 0.270 e. The zero-order valence-electron chi connectivity index (χ0n) is 20.0. The third-order valence-electron chi connectivity index (χ3n) is 6.32. The lowest BCUT2D eigenvalue weighted by Crippen LogP contribution is -2.58. The Labute approximate surface area is 215 Å². The maximum atomic E-state index is 13.9. The van der Waals surface area contributed by atoms with Gasteiger partial charge in [-0.15, -0.1) is 0 Å². The summed E-state index contributed by atoms with van der Waals surface area (Å²) in [5, 5.41) is 13.8. The number of nitrogens with one attached hydrogen (secondary N) is 1. The topological polar surface area (TPSA) is 96.4 Å². The first kappa shape index (κ1) is 25.4. The van der Waals surface area contributed by atoms with Crippen molar-refractivity contribution in [3.8, 4) is 11.3 Å². The SMILES string of the molecule is N[C@](O)(Cc1ccc(F)cc1)C(=O)N1CCn2c(nc(-c3ccc(F)cc3)c2Nc2ccc(F)c(F)c2)C1. The molecule has 0 saturated carbocycles. The Morgan fingerprint density at radius 2 is 1.61 bits per heavy atom. The summed E-state index contributed by atoms with van der Waals surface area (Å²) in [6, 6.07) is 14.3. The number of nitrogens with two attached hydrogens (primary N) is 1. The molecule has 0 spiro atoms. The van der Waals surface area contributed by atoms with Crippen LogP contribution in [0.25, 0.3) is 11.3 Å². The third-order valence-corrected chi connectivity index (χ3v) is 6.32. The summed E-state index contributed by atoms with van der Waals surface area (Å²) < 4.78 is 55.9. The van der Waals surface area contributed by atoms with E-state index in [0.717, 1.165) is 12.1 Å². The standard InChI is InChI=1S/C27H23F4N5O2/c28-18-5-1-16(2-6-18)14-27(32,38)26(37)35-11-12-36-23(15-35)34-24(17-3-7-19(29)8-4-17)25(36)33-20-9-10-21(30)22(31)13-20/h1-10,13,33,38H,11-12,14-15,32H2/t27-/m0/s1. The van der Waals surface area contributed by atoms with Crippen molar-refractivity contribution in [1.82, 2.24) is 14.5 Å². The molecule has 0 aliphatic carbocycles. The van der Waals surface area contributed by atoms with Crippen molar-refractivity contribution in [1.29, 1.82) is 0 Å². The molecule has 0 saturated heterocycles. The molecule has 1 aromatic heterocycles. The van der Waals surface area contributed by atoms with Gasteiger partial charge in [-0.05, 0) is 54.1 Å². The van der Waals surface area contributed by atoms with Gasteiger partial charge in [-0.25, -0.2) is 22.5 Å². The van der Waals surface area contributed by atoms with Gasteiger partial charge in [0.15, 0.2) is 17.4 Å². The number of halogens is 4. The number of imidazole rings is 1. The fraction of sp³-hybridized carbons (Fsp3) is 0.185. The number of aliphatic hydroxyl groups is 1. The first-order valence-electron chi connectivity index (χ1n) is 11.7. The summed E-state index contributed by atoms with van der Waals surface area (Å²) >= 11 is 0. The highest BCUT2D eigenvalue weighted by atomic mass is 19.2. The molecule has 4 N–H and O–H groups in total. The molecule has 1 amide bonds. The van der Waals surface area contributed by atoms with Gasteiger partial charge in [-0.1, -0.05) is 12.1 Å². The Morgan fingerprint density at radius 3 is 2.26 bits per heavy atom. The van der Waals surface area contributed by atoms with E-state index < -0.39 is 34.9 Å². The van der Waals surface area contributed by atoms with Gasteiger partial charge >= 0.3 is 0 Å². The third kappa shape index (κ3) is 5.11. The Hall–Kier alpha value is -4.22. The lowest BCUT2D eigenvalue weighted by Gasteiger charge is -2.33. The molecule has 1 aliphatic heterocycles. The Morgan fingerprint density at radius 1 is 0.947 bits per heavy atom. The molecule has 11 heteroatoms. The summed E-state index contributed by atoms with van der Waals surface area (Å²) in [4.78, 5) is 19.2. The number of hydrogen-bond acceptors (Lipinski definition) is 5. The van der Waals surface area contributed by atoms with E-state index in [-0.39, 0.29) is 31.7 Å². The van der Waals surface area contributed by atoms with Gasteiger partial charge in [0, 0.05) is 36.8 Å². The Balaban J connectivity index is 1.45. The minimum Gasteiger partial charge on any atom is -0.367 e. The van der Waals surface area contributed by atoms with Crippen LogP contribution in [-0.2, 0) is 24.3 Å². The Bertz CT molecular complexity index is 1490. The number of amides is 1. The van der Waals surface area contributed by atoms with Crippen molar-refractivity contribution in [2.24, 2.45) is 5.73 Å². The predicted octanol–water partition coefficient (Wildman–Crippen LogP) is 4.08. The number of aromatic nitrogens is 2. The summed E-state index contributed by atoms with van der Waals surface area (Å²) in [7, 11) is 0. The summed E-state index contributed by atoms with van der Waals surface area (Å²) in [5.74, 6) is -2.76. The fourth-order valence-corrected chi connectivity index (χ4v) is 4.41. The Kier molecular flexibility index (Phi) is 6.64. The average molecular weight is 526 g/mol. The number of nitrogens with zero attached hydrogens (tertiary/aromatic N) is 3. The van der Waals surface area contributed by atoms with Crippen LogP contribution in [-0.4, -0.2) is 37.7 Å². The van der Waals surface area contributed by atoms with E-state index in [4.69, 9.17) is 5.73 Å². The largest absolute Gasteiger partial charge is 0.367 e. The van der Waals surface area contributed by atoms with Crippen LogP contribution in [0.15, 0.2) is 66.7 Å². The van der Waals surface area contributed by atoms with Crippen LogP contribution in [0.4, 0.5) is 29.1 Å². The minimum absolute atomic E-state index is 0.00455. The molecule has 2 heterocycles. The van der Waals surface area contributed by atoms with E-state index in [2.05, 4.69) is 10.3 Å². The number of rotatable bonds is 6. The molecular formula is C27H23F4N5O2. The van der Waals surface area contributed by atoms with Gasteiger partial charge in [0.2, 0.25) is 0 Å². The number of hydrogen-bond donors (Lipinski definition) is 3. The van der Waals surface area contributed by atoms with E-state index >= 15 is 0 Å². The quantitative estimate of drug-likeness (QED) is 0.261. The second kappa shape index (κ2) is 9.92. The molecule has 5 rings (SSSR count). The van der Waals surface area contributed by atoms with Gasteiger partial charge in [0.05, 0.1) is 6.54 Å². The molecule has 1 aliphatic rings. The second-order valence-electron chi connectivity index (χ2n) is 9.09. The number of fused-ring (bicyclic) bond motifs is 1. The van der Waals surface area contributed by atoms with E-state index in [1.54, 1.807) is 4.57 Å². The van der Waals surface area contributed by atoms with E-state index in [9.17, 15) is 27.5 Å². The number of benzene rings is 3. The van der Waals surface area contributed by atoms with Crippen LogP contribution >= 0.6 is 0 Å². The zero-order chi connectivity index (χ0) is 27.0. The molecule has 1 atom stereocenters. The number of carbonyl (C=O) groups is 1. The summed E-state index contributed by atoms with van der Waals surface area (Å²) in [6.45, 7) is 0.407. The number of carbonyl (C=O) groups excluding carboxylic acids is 1. The normalized spacial score (nSPS) is 14.6. The lowest BCUT2D eigenvalue weighted by atomic mass is 10.0. The van der Waals surface area contributed by atoms with E-state index in [0.29, 0.717) is 28.5 Å². The molecule has 38 heavy (non-hydrogen) atoms. The van der Waals surface area contributed by atoms with Crippen LogP contribution in [0.2, 0.25) is 0 Å². The monoisotopic (exact) mass is 525 g/mol. The van der Waals surface area contributed by atoms with Gasteiger partial charge in [-0.3, -0.25) is 10.5 Å². The molecule has 0 unspecified atom stereocenters. The molecule has 196 valence electrons. The molecule has 7 nitrogen and oxygen atoms in total. The first-order valence-corrected chi connectivity index (χ1v) is 11.7. The fourth-order valence-electron chi connectivity index (χ4n) is 4.41. The van der Waals surface area contributed by atoms with Crippen molar-refractivity contribution in [3.63, 3.8) is 0 Å². The van der Waals surface area contributed by atoms with Crippen molar-refractivity contribution < 1.29 is 27.5 Å². The molecule has 4 aromatic rings. The molecule has 0 radical (unpaired) electrons. The lowest BCUT2D eigenvalue weighted by molar-refractivity contribution is -0.152. The van der Waals surface area contributed by atoms with Gasteiger partial charge in [0.25, 0.3) is 5.91 Å². The minimum atomic E-state index is -2.24. The highest BCUT2D eigenvalue weighted by molar-refractivity contribution is 5.85. The van der Waals surface area contributed by atoms with Crippen molar-refractivity contribution >= 4 is 17.4 Å². The highest BCUT2D eigenvalue weighted by Gasteiger charge is 2.38. The van der Waals surface area contributed by atoms with E-state index in [1.807, 2.05) is 0 Å². The maximum Gasteiger partial charge on any atom is 0.270 e. The van der Waals surface area contributed by atoms with Gasteiger partial charge in [-0.2, -0.15) is 0 Å². The highest BCUT2D eigenvalue weighted by Crippen LogP contribution is 2.34. The van der Waals surface area contributed by atoms with Crippen molar-refractivity contribution in [2.75, 3.05) is 11.9 Å². The van der Waals surface area contributed by atoms with Crippen LogP contribution in [0.1, 0.15) is 11.4 Å². The van der Waals surface area contributed by atoms with Crippen molar-refractivity contribution in [2.45, 2.75) is 25.2 Å². The van der Waals surface area contributed by atoms with E-state index in [1.165, 1.54) is 59.5 Å². The first-order chi connectivity index (χ1) is 18.1. The molecule has 0 bridgehead atoms. The van der Waals surface area contributed by atoms with Crippen LogP contribution < -0.4 is 11.1 Å². The molecule has 3 aromatic carbocycles. The van der Waals surface area contributed by atoms with Gasteiger partial charge in [0.1, 0.15) is 29.0 Å². The predicted molar refractivity (Wildman–Crippen MR) is 132 cm³/mol. The maximum absolute atomic E-state index is 13.9. The zero-order valence-corrected chi connectivity index (χ0v) is 20.0. The summed E-state index contributed by atoms with van der Waals surface area (Å²) in [6.07, 6.45) is -0.221. The van der Waals surface area contributed by atoms with Crippen LogP contribution in [0.3, 0.4) is 0 Å². The van der Waals surface area contributed by atoms with Crippen LogP contribution in [0.5, 0.6) is 0 Å². The molecular weight excluding hydrogens is 502 g/mol. The molecule has 0 fully saturated rings. The second-order valence-corrected chi connectivity index (χ2v) is 9.09. The number of anilines is 2. The van der Waals surface area contributed by atoms with Crippen LogP contribution in [0, 0.1) is 23.3 Å². The van der Waals surface area contributed by atoms with Crippen molar-refractivity contribution in [3.05, 3.63) is 101 Å². The van der Waals surface area contributed by atoms with Gasteiger partial charge < -0.3 is 19.9 Å². The average Bonchev–Trinajstić information content (AvgIpc) is 3.25.